The van der Waals surface area contributed by atoms with Gasteiger partial charge in [0.1, 0.15) is 16.1 Å². The minimum absolute atomic E-state index is 0.566. The molecule has 0 atom stereocenters. The van der Waals surface area contributed by atoms with Crippen molar-refractivity contribution >= 4 is 50.2 Å². The van der Waals surface area contributed by atoms with Gasteiger partial charge in [-0.05, 0) is 57.5 Å². The summed E-state index contributed by atoms with van der Waals surface area (Å²) in [5, 5.41) is 7.30. The van der Waals surface area contributed by atoms with Gasteiger partial charge >= 0.3 is 0 Å². The summed E-state index contributed by atoms with van der Waals surface area (Å²) in [7, 11) is -3.83. The van der Waals surface area contributed by atoms with Crippen molar-refractivity contribution in [3.8, 4) is 22.9 Å². The number of anilines is 4. The van der Waals surface area contributed by atoms with Gasteiger partial charge in [0, 0.05) is 11.1 Å². The van der Waals surface area contributed by atoms with E-state index in [-0.39, 0.29) is 0 Å². The van der Waals surface area contributed by atoms with E-state index in [0.29, 0.717) is 33.2 Å². The predicted octanol–water partition coefficient (Wildman–Crippen LogP) is 10.6. The number of nitrogens with one attached hydrogen (secondary N) is 2. The Balaban J connectivity index is 1.95. The second kappa shape index (κ2) is 12.3. The smallest absolute Gasteiger partial charge is 0.174 e. The van der Waals surface area contributed by atoms with E-state index >= 15 is 0 Å². The number of hydrogen-bond acceptors (Lipinski definition) is 4. The third-order valence-corrected chi connectivity index (χ3v) is 22.4. The first-order valence-corrected chi connectivity index (χ1v) is 20.3. The van der Waals surface area contributed by atoms with Crippen molar-refractivity contribution in [1.29, 1.82) is 0 Å². The molecule has 1 aromatic heterocycles. The van der Waals surface area contributed by atoms with Crippen molar-refractivity contribution in [1.82, 2.24) is 9.97 Å². The Hall–Kier alpha value is -3.07. The van der Waals surface area contributed by atoms with Crippen molar-refractivity contribution in [2.24, 2.45) is 0 Å². The van der Waals surface area contributed by atoms with Gasteiger partial charge in [0.15, 0.2) is 11.6 Å². The molecule has 0 spiro atoms. The zero-order valence-electron chi connectivity index (χ0n) is 27.8. The van der Waals surface area contributed by atoms with Gasteiger partial charge in [-0.2, -0.15) is 0 Å². The van der Waals surface area contributed by atoms with E-state index in [1.165, 1.54) is 0 Å². The fourth-order valence-electron chi connectivity index (χ4n) is 7.70. The lowest BCUT2D eigenvalue weighted by atomic mass is 10.0. The highest BCUT2D eigenvalue weighted by molar-refractivity contribution is 6.91. The molecule has 3 aromatic rings. The van der Waals surface area contributed by atoms with E-state index < -0.39 is 16.1 Å². The molecule has 1 aliphatic rings. The highest BCUT2D eigenvalue weighted by atomic mass is 28.3. The molecule has 0 saturated heterocycles. The van der Waals surface area contributed by atoms with Gasteiger partial charge in [0.2, 0.25) is 0 Å². The first-order valence-electron chi connectivity index (χ1n) is 15.8. The Morgan fingerprint density at radius 3 is 1.10 bits per heavy atom. The van der Waals surface area contributed by atoms with Gasteiger partial charge < -0.3 is 10.6 Å². The van der Waals surface area contributed by atoms with E-state index in [1.807, 2.05) is 24.3 Å². The van der Waals surface area contributed by atoms with Gasteiger partial charge in [0.05, 0.1) is 22.4 Å². The van der Waals surface area contributed by atoms with Crippen LogP contribution in [0.5, 0.6) is 0 Å². The van der Waals surface area contributed by atoms with Crippen LogP contribution in [0, 0.1) is 22.9 Å². The van der Waals surface area contributed by atoms with Crippen LogP contribution in [0.1, 0.15) is 94.2 Å². The molecule has 2 aromatic carbocycles. The molecule has 0 unspecified atom stereocenters. The summed E-state index contributed by atoms with van der Waals surface area (Å²) in [6, 6.07) is 12.3. The molecule has 222 valence electrons. The fraction of sp³-hybridized carbons (Fsp3) is 0.500. The average Bonchev–Trinajstić information content (AvgIpc) is 2.91. The predicted molar refractivity (Wildman–Crippen MR) is 188 cm³/mol. The van der Waals surface area contributed by atoms with Crippen LogP contribution in [-0.2, 0) is 0 Å². The lowest BCUT2D eigenvalue weighted by Crippen LogP contribution is -2.43. The number of benzene rings is 2. The molecule has 4 nitrogen and oxygen atoms in total. The molecule has 1 aliphatic heterocycles. The van der Waals surface area contributed by atoms with E-state index in [0.717, 1.165) is 45.2 Å². The first-order chi connectivity index (χ1) is 19.7. The lowest BCUT2D eigenvalue weighted by molar-refractivity contribution is 0.838. The van der Waals surface area contributed by atoms with Crippen LogP contribution in [0.15, 0.2) is 36.4 Å². The molecular weight excluding hydrogens is 545 g/mol. The third kappa shape index (κ3) is 5.52. The minimum atomic E-state index is -1.91. The molecule has 0 fully saturated rings. The molecule has 2 N–H and O–H groups in total. The standard InChI is InChI=1S/C36H50N4Si2/c1-23(2)41(24(3)4,25(5)6)21-19-29-17-18-30(20-22-42(26(7)8,27(9)10)28(11)12)34-33(29)39-35-36(40-34)38-32-16-14-13-15-31(32)37-35/h13-18,23-28H,1-12H3,(H,37,39)(H,38,40). The first kappa shape index (κ1) is 31.9. The molecule has 6 heteroatoms. The molecular formula is C36H50N4Si2. The Kier molecular flexibility index (Phi) is 9.31. The number of aromatic nitrogens is 2. The number of para-hydroxylation sites is 2. The number of fused-ring (bicyclic) bond motifs is 3. The highest BCUT2D eigenvalue weighted by Crippen LogP contribution is 2.44. The number of hydrogen-bond donors (Lipinski definition) is 2. The van der Waals surface area contributed by atoms with Crippen LogP contribution >= 0.6 is 0 Å². The molecule has 0 radical (unpaired) electrons. The van der Waals surface area contributed by atoms with E-state index in [1.54, 1.807) is 0 Å². The Bertz CT molecular complexity index is 1420. The maximum Gasteiger partial charge on any atom is 0.174 e. The maximum absolute atomic E-state index is 4.93. The minimum Gasteiger partial charge on any atom is -0.334 e. The summed E-state index contributed by atoms with van der Waals surface area (Å²) in [5.74, 6) is 8.86. The zero-order valence-corrected chi connectivity index (χ0v) is 29.8. The van der Waals surface area contributed by atoms with Gasteiger partial charge in [-0.25, -0.2) is 9.97 Å². The van der Waals surface area contributed by atoms with Gasteiger partial charge in [-0.15, -0.1) is 11.1 Å². The van der Waals surface area contributed by atoms with Crippen LogP contribution in [0.4, 0.5) is 23.0 Å². The molecule has 2 heterocycles. The molecule has 0 aliphatic carbocycles. The summed E-state index contributed by atoms with van der Waals surface area (Å²) in [6.45, 7) is 28.3. The highest BCUT2D eigenvalue weighted by Gasteiger charge is 2.43. The Morgan fingerprint density at radius 1 is 0.500 bits per heavy atom. The average molecular weight is 595 g/mol. The van der Waals surface area contributed by atoms with Crippen molar-refractivity contribution in [2.45, 2.75) is 116 Å². The number of nitrogens with zero attached hydrogens (tertiary/aromatic N) is 2. The normalized spacial score (nSPS) is 13.1. The van der Waals surface area contributed by atoms with Crippen molar-refractivity contribution in [3.63, 3.8) is 0 Å². The summed E-state index contributed by atoms with van der Waals surface area (Å²) >= 11 is 0. The van der Waals surface area contributed by atoms with Crippen LogP contribution in [-0.4, -0.2) is 26.1 Å². The SMILES string of the molecule is CC(C)[Si](C#Cc1ccc(C#C[Si](C(C)C)(C(C)C)C(C)C)c2c1Nc1nc3ccccc3nc1N2)(C(C)C)C(C)C. The van der Waals surface area contributed by atoms with Gasteiger partial charge in [-0.1, -0.05) is 107 Å². The molecule has 42 heavy (non-hydrogen) atoms. The van der Waals surface area contributed by atoms with Gasteiger partial charge in [0.25, 0.3) is 0 Å². The van der Waals surface area contributed by atoms with Crippen molar-refractivity contribution in [3.05, 3.63) is 47.5 Å². The van der Waals surface area contributed by atoms with E-state index in [4.69, 9.17) is 9.97 Å². The summed E-state index contributed by atoms with van der Waals surface area (Å²) in [4.78, 5) is 9.86. The topological polar surface area (TPSA) is 49.8 Å². The molecule has 0 saturated carbocycles. The van der Waals surface area contributed by atoms with Gasteiger partial charge in [-0.3, -0.25) is 0 Å². The number of rotatable bonds is 6. The maximum atomic E-state index is 4.93. The summed E-state index contributed by atoms with van der Waals surface area (Å²) in [6.07, 6.45) is 0. The monoisotopic (exact) mass is 594 g/mol. The Morgan fingerprint density at radius 2 is 0.810 bits per heavy atom. The summed E-state index contributed by atoms with van der Waals surface area (Å²) in [5.41, 5.74) is 16.9. The lowest BCUT2D eigenvalue weighted by Gasteiger charge is -2.38. The van der Waals surface area contributed by atoms with Crippen molar-refractivity contribution < 1.29 is 0 Å². The fourth-order valence-corrected chi connectivity index (χ4v) is 18.1. The van der Waals surface area contributed by atoms with Crippen LogP contribution in [0.25, 0.3) is 11.0 Å². The summed E-state index contributed by atoms with van der Waals surface area (Å²) < 4.78 is 0. The van der Waals surface area contributed by atoms with Crippen LogP contribution in [0.2, 0.25) is 33.2 Å². The van der Waals surface area contributed by atoms with E-state index in [2.05, 4.69) is 129 Å². The second-order valence-electron chi connectivity index (χ2n) is 13.9. The molecule has 0 bridgehead atoms. The molecule has 0 amide bonds. The van der Waals surface area contributed by atoms with Crippen LogP contribution < -0.4 is 10.6 Å². The Labute approximate surface area is 256 Å². The van der Waals surface area contributed by atoms with Crippen LogP contribution in [0.3, 0.4) is 0 Å². The quantitative estimate of drug-likeness (QED) is 0.172. The molecule has 4 rings (SSSR count). The second-order valence-corrected chi connectivity index (χ2v) is 25.0. The third-order valence-electron chi connectivity index (χ3n) is 9.82. The van der Waals surface area contributed by atoms with E-state index in [9.17, 15) is 0 Å². The zero-order chi connectivity index (χ0) is 31.0. The van der Waals surface area contributed by atoms with Crippen molar-refractivity contribution in [2.75, 3.05) is 10.6 Å². The largest absolute Gasteiger partial charge is 0.334 e.